The van der Waals surface area contributed by atoms with Crippen molar-refractivity contribution in [2.75, 3.05) is 62.3 Å². The topological polar surface area (TPSA) is 136 Å². The van der Waals surface area contributed by atoms with Crippen LogP contribution >= 0.6 is 0 Å². The van der Waals surface area contributed by atoms with Gasteiger partial charge >= 0.3 is 11.9 Å². The van der Waals surface area contributed by atoms with E-state index >= 15 is 0 Å². The van der Waals surface area contributed by atoms with E-state index in [1.807, 2.05) is 41.0 Å². The van der Waals surface area contributed by atoms with Crippen LogP contribution < -0.4 is 28.4 Å². The van der Waals surface area contributed by atoms with Gasteiger partial charge in [-0.3, -0.25) is 19.4 Å². The number of aliphatic carboxylic acids is 2. The van der Waals surface area contributed by atoms with E-state index in [-0.39, 0.29) is 32.0 Å². The number of ether oxygens (including phenoxy) is 6. The predicted molar refractivity (Wildman–Crippen MR) is 152 cm³/mol. The van der Waals surface area contributed by atoms with Gasteiger partial charge in [0.25, 0.3) is 0 Å². The zero-order valence-electron chi connectivity index (χ0n) is 24.9. The number of benzene rings is 2. The van der Waals surface area contributed by atoms with Crippen molar-refractivity contribution in [3.8, 4) is 34.5 Å². The summed E-state index contributed by atoms with van der Waals surface area (Å²) in [5.74, 6) is 1.11. The highest BCUT2D eigenvalue weighted by atomic mass is 16.5. The second-order valence-corrected chi connectivity index (χ2v) is 9.41. The molecule has 1 unspecified atom stereocenters. The quantitative estimate of drug-likeness (QED) is 0.253. The Bertz CT molecular complexity index is 1110. The smallest absolute Gasteiger partial charge is 0.304 e. The van der Waals surface area contributed by atoms with E-state index in [2.05, 4.69) is 0 Å². The van der Waals surface area contributed by atoms with Crippen molar-refractivity contribution >= 4 is 11.9 Å². The number of carboxylic acids is 2. The van der Waals surface area contributed by atoms with Gasteiger partial charge in [-0.15, -0.1) is 0 Å². The van der Waals surface area contributed by atoms with Gasteiger partial charge in [-0.05, 0) is 42.3 Å². The molecule has 0 aliphatic carbocycles. The molecule has 0 spiro atoms. The fourth-order valence-corrected chi connectivity index (χ4v) is 4.62. The molecule has 228 valence electrons. The standard InChI is InChI=1S/C29H42N2O10/c1-19(31(11-9-27(34)35)18-21-14-24(38-4)29(41-7)25(15-21)39-5)16-30(10-8-26(32)33)17-20-12-22(36-2)28(40-6)23(13-20)37-3/h12-15,19H,8-11,16-18H2,1-7H3,(H,32,33)(H,34,35). The van der Waals surface area contributed by atoms with Crippen LogP contribution in [0.4, 0.5) is 0 Å². The van der Waals surface area contributed by atoms with Gasteiger partial charge in [-0.2, -0.15) is 0 Å². The largest absolute Gasteiger partial charge is 0.493 e. The first-order valence-electron chi connectivity index (χ1n) is 13.1. The van der Waals surface area contributed by atoms with E-state index in [1.54, 1.807) is 0 Å². The molecule has 2 N–H and O–H groups in total. The molecule has 1 atom stereocenters. The number of rotatable bonds is 19. The molecule has 0 aromatic heterocycles. The molecule has 0 fully saturated rings. The van der Waals surface area contributed by atoms with Crippen LogP contribution in [0, 0.1) is 0 Å². The van der Waals surface area contributed by atoms with Gasteiger partial charge < -0.3 is 38.6 Å². The third-order valence-electron chi connectivity index (χ3n) is 6.64. The summed E-state index contributed by atoms with van der Waals surface area (Å²) >= 11 is 0. The highest BCUT2D eigenvalue weighted by Gasteiger charge is 2.23. The number of methoxy groups -OCH3 is 6. The molecule has 0 heterocycles. The highest BCUT2D eigenvalue weighted by Crippen LogP contribution is 2.39. The van der Waals surface area contributed by atoms with Gasteiger partial charge in [-0.25, -0.2) is 0 Å². The number of carbonyl (C=O) groups is 2. The third-order valence-corrected chi connectivity index (χ3v) is 6.64. The van der Waals surface area contributed by atoms with Crippen molar-refractivity contribution in [1.82, 2.24) is 9.80 Å². The van der Waals surface area contributed by atoms with Crippen LogP contribution in [0.15, 0.2) is 24.3 Å². The maximum Gasteiger partial charge on any atom is 0.304 e. The molecule has 0 radical (unpaired) electrons. The maximum atomic E-state index is 11.5. The Hall–Kier alpha value is -3.90. The Labute approximate surface area is 241 Å². The predicted octanol–water partition coefficient (Wildman–Crippen LogP) is 3.38. The van der Waals surface area contributed by atoms with E-state index in [0.717, 1.165) is 11.1 Å². The molecule has 0 aliphatic heterocycles. The van der Waals surface area contributed by atoms with Crippen LogP contribution in [0.2, 0.25) is 0 Å². The molecule has 0 amide bonds. The van der Waals surface area contributed by atoms with Gasteiger partial charge in [-0.1, -0.05) is 0 Å². The molecule has 0 bridgehead atoms. The SMILES string of the molecule is COc1cc(CN(CCC(=O)O)CC(C)N(CCC(=O)O)Cc2cc(OC)c(OC)c(OC)c2)cc(OC)c1OC. The summed E-state index contributed by atoms with van der Waals surface area (Å²) in [6, 6.07) is 7.18. The van der Waals surface area contributed by atoms with Gasteiger partial charge in [0.05, 0.1) is 55.5 Å². The molecule has 2 aromatic carbocycles. The van der Waals surface area contributed by atoms with E-state index in [1.165, 1.54) is 42.7 Å². The van der Waals surface area contributed by atoms with Gasteiger partial charge in [0.15, 0.2) is 23.0 Å². The van der Waals surface area contributed by atoms with Crippen molar-refractivity contribution in [2.45, 2.75) is 38.9 Å². The minimum Gasteiger partial charge on any atom is -0.493 e. The van der Waals surface area contributed by atoms with Gasteiger partial charge in [0.1, 0.15) is 0 Å². The summed E-state index contributed by atoms with van der Waals surface area (Å²) in [4.78, 5) is 27.0. The van der Waals surface area contributed by atoms with Crippen molar-refractivity contribution in [3.63, 3.8) is 0 Å². The number of carboxylic acid groups (broad SMARTS) is 2. The monoisotopic (exact) mass is 578 g/mol. The molecule has 0 saturated carbocycles. The molecule has 2 aromatic rings. The lowest BCUT2D eigenvalue weighted by Crippen LogP contribution is -2.43. The van der Waals surface area contributed by atoms with Gasteiger partial charge in [0, 0.05) is 38.8 Å². The molecular formula is C29H42N2O10. The summed E-state index contributed by atoms with van der Waals surface area (Å²) in [6.45, 7) is 3.83. The van der Waals surface area contributed by atoms with Crippen molar-refractivity contribution in [3.05, 3.63) is 35.4 Å². The Morgan fingerprint density at radius 2 is 1.05 bits per heavy atom. The summed E-state index contributed by atoms with van der Waals surface area (Å²) < 4.78 is 32.8. The average Bonchev–Trinajstić information content (AvgIpc) is 2.96. The molecule has 2 rings (SSSR count). The van der Waals surface area contributed by atoms with Crippen molar-refractivity contribution in [1.29, 1.82) is 0 Å². The number of hydrogen-bond donors (Lipinski definition) is 2. The lowest BCUT2D eigenvalue weighted by Gasteiger charge is -2.33. The zero-order valence-corrected chi connectivity index (χ0v) is 24.9. The molecule has 0 aliphatic rings. The third kappa shape index (κ3) is 9.61. The molecule has 41 heavy (non-hydrogen) atoms. The fourth-order valence-electron chi connectivity index (χ4n) is 4.62. The lowest BCUT2D eigenvalue weighted by molar-refractivity contribution is -0.138. The second kappa shape index (κ2) is 16.4. The lowest BCUT2D eigenvalue weighted by atomic mass is 10.1. The Morgan fingerprint density at radius 3 is 1.41 bits per heavy atom. The van der Waals surface area contributed by atoms with Crippen molar-refractivity contribution in [2.24, 2.45) is 0 Å². The minimum atomic E-state index is -0.910. The number of hydrogen-bond acceptors (Lipinski definition) is 10. The average molecular weight is 579 g/mol. The maximum absolute atomic E-state index is 11.5. The first kappa shape index (κ1) is 33.3. The molecule has 12 heteroatoms. The molecule has 0 saturated heterocycles. The van der Waals surface area contributed by atoms with Crippen LogP contribution in [0.3, 0.4) is 0 Å². The van der Waals surface area contributed by atoms with Crippen LogP contribution in [0.25, 0.3) is 0 Å². The van der Waals surface area contributed by atoms with Crippen LogP contribution in [0.5, 0.6) is 34.5 Å². The Balaban J connectivity index is 2.37. The minimum absolute atomic E-state index is 0.0564. The van der Waals surface area contributed by atoms with E-state index in [4.69, 9.17) is 28.4 Å². The Morgan fingerprint density at radius 1 is 0.659 bits per heavy atom. The Kier molecular flexibility index (Phi) is 13.3. The van der Waals surface area contributed by atoms with Gasteiger partial charge in [0.2, 0.25) is 11.5 Å². The van der Waals surface area contributed by atoms with Crippen LogP contribution in [0.1, 0.15) is 30.9 Å². The number of nitrogens with zero attached hydrogens (tertiary/aromatic N) is 2. The summed E-state index contributed by atoms with van der Waals surface area (Å²) in [7, 11) is 9.20. The summed E-state index contributed by atoms with van der Waals surface area (Å²) in [5, 5.41) is 18.8. The van der Waals surface area contributed by atoms with E-state index in [0.29, 0.717) is 54.1 Å². The second-order valence-electron chi connectivity index (χ2n) is 9.41. The first-order chi connectivity index (χ1) is 19.6. The van der Waals surface area contributed by atoms with E-state index in [9.17, 15) is 19.8 Å². The fraction of sp³-hybridized carbons (Fsp3) is 0.517. The summed E-state index contributed by atoms with van der Waals surface area (Å²) in [5.41, 5.74) is 1.69. The highest BCUT2D eigenvalue weighted by molar-refractivity contribution is 5.67. The van der Waals surface area contributed by atoms with Crippen LogP contribution in [-0.2, 0) is 22.7 Å². The van der Waals surface area contributed by atoms with Crippen molar-refractivity contribution < 1.29 is 48.2 Å². The molecular weight excluding hydrogens is 536 g/mol. The first-order valence-corrected chi connectivity index (χ1v) is 13.1. The normalized spacial score (nSPS) is 11.7. The van der Waals surface area contributed by atoms with Crippen LogP contribution in [-0.4, -0.2) is 100 Å². The molecule has 12 nitrogen and oxygen atoms in total. The van der Waals surface area contributed by atoms with E-state index < -0.39 is 11.9 Å². The summed E-state index contributed by atoms with van der Waals surface area (Å²) in [6.07, 6.45) is -0.115. The zero-order chi connectivity index (χ0) is 30.5.